The van der Waals surface area contributed by atoms with Gasteiger partial charge in [-0.05, 0) is 24.3 Å². The summed E-state index contributed by atoms with van der Waals surface area (Å²) >= 11 is 5.79. The van der Waals surface area contributed by atoms with Crippen molar-refractivity contribution >= 4 is 11.6 Å². The van der Waals surface area contributed by atoms with Crippen LogP contribution in [-0.4, -0.2) is 11.5 Å². The number of hydrogen-bond donors (Lipinski definition) is 1. The highest BCUT2D eigenvalue weighted by Gasteiger charge is 2.05. The third-order valence-electron chi connectivity index (χ3n) is 2.04. The van der Waals surface area contributed by atoms with Gasteiger partial charge in [0.1, 0.15) is 0 Å². The predicted octanol–water partition coefficient (Wildman–Crippen LogP) is 2.50. The van der Waals surface area contributed by atoms with Crippen molar-refractivity contribution in [1.82, 2.24) is 4.98 Å². The summed E-state index contributed by atoms with van der Waals surface area (Å²) < 4.78 is 5.52. The van der Waals surface area contributed by atoms with E-state index in [2.05, 4.69) is 4.98 Å². The Morgan fingerprint density at radius 2 is 2.00 bits per heavy atom. The van der Waals surface area contributed by atoms with Crippen molar-refractivity contribution in [2.45, 2.75) is 6.42 Å². The summed E-state index contributed by atoms with van der Waals surface area (Å²) in [6.45, 7) is 0.542. The van der Waals surface area contributed by atoms with E-state index in [0.29, 0.717) is 23.9 Å². The number of rotatable bonds is 3. The van der Waals surface area contributed by atoms with Crippen molar-refractivity contribution in [3.63, 3.8) is 0 Å². The first-order valence-electron chi connectivity index (χ1n) is 4.70. The molecule has 0 saturated carbocycles. The van der Waals surface area contributed by atoms with E-state index in [-0.39, 0.29) is 0 Å². The maximum atomic E-state index is 5.79. The molecule has 2 N–H and O–H groups in total. The minimum absolute atomic E-state index is 0.542. The van der Waals surface area contributed by atoms with E-state index in [4.69, 9.17) is 21.8 Å². The number of nitrogens with two attached hydrogens (primary N) is 1. The first kappa shape index (κ1) is 10.2. The fraction of sp³-hybridized carbons (Fsp3) is 0.182. The average molecular weight is 223 g/mol. The number of halogens is 1. The van der Waals surface area contributed by atoms with E-state index in [1.54, 1.807) is 6.20 Å². The van der Waals surface area contributed by atoms with Crippen LogP contribution in [0.15, 0.2) is 34.9 Å². The van der Waals surface area contributed by atoms with Crippen molar-refractivity contribution in [2.24, 2.45) is 5.73 Å². The lowest BCUT2D eigenvalue weighted by Gasteiger charge is -1.95. The standard InChI is InChI=1S/C11H11ClN2O/c12-9-3-1-8(2-4-9)10-7-14-11(15-10)5-6-13/h1-4,7H,5-6,13H2. The van der Waals surface area contributed by atoms with Gasteiger partial charge in [-0.1, -0.05) is 11.6 Å². The van der Waals surface area contributed by atoms with Crippen LogP contribution < -0.4 is 5.73 Å². The SMILES string of the molecule is NCCc1ncc(-c2ccc(Cl)cc2)o1. The van der Waals surface area contributed by atoms with Crippen LogP contribution in [0.4, 0.5) is 0 Å². The molecule has 0 unspecified atom stereocenters. The molecule has 4 heteroatoms. The summed E-state index contributed by atoms with van der Waals surface area (Å²) in [5.74, 6) is 1.41. The van der Waals surface area contributed by atoms with Gasteiger partial charge in [0.15, 0.2) is 11.7 Å². The monoisotopic (exact) mass is 222 g/mol. The van der Waals surface area contributed by atoms with Crippen LogP contribution in [0.25, 0.3) is 11.3 Å². The number of benzene rings is 1. The molecule has 0 aliphatic carbocycles. The van der Waals surface area contributed by atoms with E-state index in [0.717, 1.165) is 11.3 Å². The molecule has 0 bridgehead atoms. The summed E-state index contributed by atoms with van der Waals surface area (Å²) in [7, 11) is 0. The van der Waals surface area contributed by atoms with Crippen LogP contribution in [0.2, 0.25) is 5.02 Å². The zero-order chi connectivity index (χ0) is 10.7. The molecule has 78 valence electrons. The van der Waals surface area contributed by atoms with E-state index in [1.807, 2.05) is 24.3 Å². The Morgan fingerprint density at radius 3 is 2.67 bits per heavy atom. The molecule has 0 saturated heterocycles. The Kier molecular flexibility index (Phi) is 3.04. The summed E-state index contributed by atoms with van der Waals surface area (Å²) in [5.41, 5.74) is 6.38. The van der Waals surface area contributed by atoms with E-state index >= 15 is 0 Å². The third kappa shape index (κ3) is 2.37. The number of hydrogen-bond acceptors (Lipinski definition) is 3. The maximum absolute atomic E-state index is 5.79. The van der Waals surface area contributed by atoms with Crippen molar-refractivity contribution in [2.75, 3.05) is 6.54 Å². The molecule has 0 radical (unpaired) electrons. The molecule has 15 heavy (non-hydrogen) atoms. The molecule has 1 aromatic heterocycles. The van der Waals surface area contributed by atoms with Gasteiger partial charge in [-0.15, -0.1) is 0 Å². The van der Waals surface area contributed by atoms with Gasteiger partial charge >= 0.3 is 0 Å². The van der Waals surface area contributed by atoms with Crippen molar-refractivity contribution < 1.29 is 4.42 Å². The summed E-state index contributed by atoms with van der Waals surface area (Å²) in [6, 6.07) is 7.44. The topological polar surface area (TPSA) is 52.0 Å². The molecule has 2 aromatic rings. The quantitative estimate of drug-likeness (QED) is 0.868. The van der Waals surface area contributed by atoms with Gasteiger partial charge in [-0.2, -0.15) is 0 Å². The molecule has 0 aliphatic heterocycles. The van der Waals surface area contributed by atoms with Crippen LogP contribution >= 0.6 is 11.6 Å². The maximum Gasteiger partial charge on any atom is 0.196 e. The molecule has 0 amide bonds. The lowest BCUT2D eigenvalue weighted by molar-refractivity contribution is 0.508. The zero-order valence-electron chi connectivity index (χ0n) is 8.11. The van der Waals surface area contributed by atoms with Crippen molar-refractivity contribution in [1.29, 1.82) is 0 Å². The molecular formula is C11H11ClN2O. The lowest BCUT2D eigenvalue weighted by atomic mass is 10.2. The highest BCUT2D eigenvalue weighted by molar-refractivity contribution is 6.30. The second-order valence-electron chi connectivity index (χ2n) is 3.16. The molecule has 0 fully saturated rings. The third-order valence-corrected chi connectivity index (χ3v) is 2.29. The fourth-order valence-corrected chi connectivity index (χ4v) is 1.42. The predicted molar refractivity (Wildman–Crippen MR) is 59.7 cm³/mol. The van der Waals surface area contributed by atoms with Gasteiger partial charge in [-0.3, -0.25) is 0 Å². The van der Waals surface area contributed by atoms with Crippen LogP contribution in [0.5, 0.6) is 0 Å². The lowest BCUT2D eigenvalue weighted by Crippen LogP contribution is -2.02. The summed E-state index contributed by atoms with van der Waals surface area (Å²) in [4.78, 5) is 4.13. The van der Waals surface area contributed by atoms with Gasteiger partial charge in [0, 0.05) is 23.6 Å². The highest BCUT2D eigenvalue weighted by Crippen LogP contribution is 2.22. The minimum atomic E-state index is 0.542. The van der Waals surface area contributed by atoms with Gasteiger partial charge in [0.25, 0.3) is 0 Å². The molecule has 3 nitrogen and oxygen atoms in total. The van der Waals surface area contributed by atoms with E-state index in [9.17, 15) is 0 Å². The van der Waals surface area contributed by atoms with Gasteiger partial charge in [0.2, 0.25) is 0 Å². The zero-order valence-corrected chi connectivity index (χ0v) is 8.87. The second kappa shape index (κ2) is 4.47. The van der Waals surface area contributed by atoms with Crippen LogP contribution in [0.3, 0.4) is 0 Å². The Labute approximate surface area is 92.9 Å². The molecule has 0 spiro atoms. The number of oxazole rings is 1. The molecule has 1 aromatic carbocycles. The Morgan fingerprint density at radius 1 is 1.27 bits per heavy atom. The number of nitrogens with zero attached hydrogens (tertiary/aromatic N) is 1. The Balaban J connectivity index is 2.25. The smallest absolute Gasteiger partial charge is 0.196 e. The Hall–Kier alpha value is -1.32. The summed E-state index contributed by atoms with van der Waals surface area (Å²) in [5, 5.41) is 0.709. The molecule has 0 aliphatic rings. The minimum Gasteiger partial charge on any atom is -0.441 e. The largest absolute Gasteiger partial charge is 0.441 e. The molecule has 1 heterocycles. The van der Waals surface area contributed by atoms with Gasteiger partial charge in [0.05, 0.1) is 6.20 Å². The van der Waals surface area contributed by atoms with Crippen molar-refractivity contribution in [3.05, 3.63) is 41.4 Å². The van der Waals surface area contributed by atoms with Crippen LogP contribution in [0.1, 0.15) is 5.89 Å². The first-order valence-corrected chi connectivity index (χ1v) is 5.08. The summed E-state index contributed by atoms with van der Waals surface area (Å²) in [6.07, 6.45) is 2.36. The fourth-order valence-electron chi connectivity index (χ4n) is 1.30. The molecular weight excluding hydrogens is 212 g/mol. The second-order valence-corrected chi connectivity index (χ2v) is 3.60. The van der Waals surface area contributed by atoms with E-state index < -0.39 is 0 Å². The normalized spacial score (nSPS) is 10.5. The molecule has 0 atom stereocenters. The molecule has 2 rings (SSSR count). The van der Waals surface area contributed by atoms with Crippen LogP contribution in [0, 0.1) is 0 Å². The Bertz CT molecular complexity index is 436. The van der Waals surface area contributed by atoms with E-state index in [1.165, 1.54) is 0 Å². The van der Waals surface area contributed by atoms with Crippen LogP contribution in [-0.2, 0) is 6.42 Å². The van der Waals surface area contributed by atoms with Crippen molar-refractivity contribution in [3.8, 4) is 11.3 Å². The van der Waals surface area contributed by atoms with Gasteiger partial charge in [-0.25, -0.2) is 4.98 Å². The highest BCUT2D eigenvalue weighted by atomic mass is 35.5. The first-order chi connectivity index (χ1) is 7.29. The number of aromatic nitrogens is 1. The average Bonchev–Trinajstić information content (AvgIpc) is 2.68. The van der Waals surface area contributed by atoms with Gasteiger partial charge < -0.3 is 10.2 Å².